The maximum Gasteiger partial charge on any atom is 0.289 e. The van der Waals surface area contributed by atoms with Gasteiger partial charge in [-0.2, -0.15) is 4.31 Å². The summed E-state index contributed by atoms with van der Waals surface area (Å²) >= 11 is 0. The van der Waals surface area contributed by atoms with Gasteiger partial charge in [0.05, 0.1) is 11.1 Å². The second-order valence-corrected chi connectivity index (χ2v) is 8.77. The number of hydrogen-bond acceptors (Lipinski definition) is 7. The van der Waals surface area contributed by atoms with Gasteiger partial charge >= 0.3 is 0 Å². The third kappa shape index (κ3) is 4.05. The summed E-state index contributed by atoms with van der Waals surface area (Å²) in [7, 11) is -4.04. The molecule has 0 spiro atoms. The summed E-state index contributed by atoms with van der Waals surface area (Å²) in [4.78, 5) is 28.4. The van der Waals surface area contributed by atoms with E-state index < -0.39 is 20.6 Å². The molecule has 4 rings (SSSR count). The highest BCUT2D eigenvalue weighted by molar-refractivity contribution is 7.89. The highest BCUT2D eigenvalue weighted by Gasteiger charge is 2.34. The van der Waals surface area contributed by atoms with Gasteiger partial charge in [0.15, 0.2) is 17.0 Å². The normalized spacial score (nSPS) is 15.0. The van der Waals surface area contributed by atoms with Crippen molar-refractivity contribution in [2.24, 2.45) is 0 Å². The van der Waals surface area contributed by atoms with Gasteiger partial charge in [0.2, 0.25) is 10.0 Å². The topological polar surface area (TPSA) is 127 Å². The summed E-state index contributed by atoms with van der Waals surface area (Å²) in [6.45, 7) is 0.470. The van der Waals surface area contributed by atoms with Crippen molar-refractivity contribution in [3.8, 4) is 11.3 Å². The van der Waals surface area contributed by atoms with Crippen molar-refractivity contribution < 1.29 is 22.6 Å². The minimum absolute atomic E-state index is 0.0519. The Morgan fingerprint density at radius 2 is 1.71 bits per heavy atom. The number of piperazine rings is 1. The Hall–Kier alpha value is -3.57. The summed E-state index contributed by atoms with van der Waals surface area (Å²) < 4.78 is 32.2. The zero-order valence-electron chi connectivity index (χ0n) is 16.2. The van der Waals surface area contributed by atoms with Crippen LogP contribution in [0.15, 0.2) is 70.4 Å². The van der Waals surface area contributed by atoms with Crippen LogP contribution >= 0.6 is 0 Å². The molecule has 1 aliphatic rings. The molecule has 0 atom stereocenters. The fraction of sp³-hybridized carbons (Fsp3) is 0.200. The van der Waals surface area contributed by atoms with Crippen molar-refractivity contribution in [3.63, 3.8) is 0 Å². The lowest BCUT2D eigenvalue weighted by atomic mass is 10.1. The summed E-state index contributed by atoms with van der Waals surface area (Å²) in [5, 5.41) is 11.2. The lowest BCUT2D eigenvalue weighted by molar-refractivity contribution is -0.387. The Kier molecular flexibility index (Phi) is 5.53. The van der Waals surface area contributed by atoms with Crippen LogP contribution in [0.5, 0.6) is 0 Å². The van der Waals surface area contributed by atoms with Crippen LogP contribution in [-0.2, 0) is 10.0 Å². The predicted octanol–water partition coefficient (Wildman–Crippen LogP) is 2.40. The standard InChI is InChI=1S/C20H18N4O6S/c25-20(16-7-5-15(6-8-16)18-13-21-14-30-18)22-9-11-23(12-10-22)31(28,29)19-4-2-1-3-17(19)24(26)27/h1-8,13-14H,9-12H2. The number of nitro groups is 1. The quantitative estimate of drug-likeness (QED) is 0.438. The van der Waals surface area contributed by atoms with Gasteiger partial charge < -0.3 is 9.32 Å². The molecule has 2 heterocycles. The molecular formula is C20H18N4O6S. The van der Waals surface area contributed by atoms with Crippen molar-refractivity contribution in [2.45, 2.75) is 4.90 Å². The molecule has 11 heteroatoms. The van der Waals surface area contributed by atoms with Crippen molar-refractivity contribution in [2.75, 3.05) is 26.2 Å². The molecule has 2 aromatic carbocycles. The minimum Gasteiger partial charge on any atom is -0.444 e. The number of benzene rings is 2. The van der Waals surface area contributed by atoms with Gasteiger partial charge in [-0.25, -0.2) is 13.4 Å². The van der Waals surface area contributed by atoms with Gasteiger partial charge in [0.1, 0.15) is 0 Å². The molecule has 160 valence electrons. The number of rotatable bonds is 5. The molecule has 0 radical (unpaired) electrons. The van der Waals surface area contributed by atoms with E-state index in [1.165, 1.54) is 28.9 Å². The Balaban J connectivity index is 1.45. The van der Waals surface area contributed by atoms with E-state index in [0.29, 0.717) is 11.3 Å². The molecule has 1 aromatic heterocycles. The molecule has 31 heavy (non-hydrogen) atoms. The Morgan fingerprint density at radius 3 is 2.32 bits per heavy atom. The first kappa shape index (κ1) is 20.7. The lowest BCUT2D eigenvalue weighted by Gasteiger charge is -2.34. The number of nitrogens with zero attached hydrogens (tertiary/aromatic N) is 4. The Bertz CT molecular complexity index is 1200. The molecule has 10 nitrogen and oxygen atoms in total. The van der Waals surface area contributed by atoms with E-state index in [2.05, 4.69) is 4.98 Å². The molecule has 3 aromatic rings. The highest BCUT2D eigenvalue weighted by Crippen LogP contribution is 2.27. The monoisotopic (exact) mass is 442 g/mol. The van der Waals surface area contributed by atoms with Gasteiger partial charge in [-0.3, -0.25) is 14.9 Å². The maximum absolute atomic E-state index is 12.9. The van der Waals surface area contributed by atoms with Gasteiger partial charge in [-0.1, -0.05) is 24.3 Å². The molecule has 1 saturated heterocycles. The van der Waals surface area contributed by atoms with Crippen LogP contribution in [0.2, 0.25) is 0 Å². The number of hydrogen-bond donors (Lipinski definition) is 0. The van der Waals surface area contributed by atoms with E-state index in [-0.39, 0.29) is 37.0 Å². The SMILES string of the molecule is O=C(c1ccc(-c2cnco2)cc1)N1CCN(S(=O)(=O)c2ccccc2[N+](=O)[O-])CC1. The maximum atomic E-state index is 12.9. The summed E-state index contributed by atoms with van der Waals surface area (Å²) in [6.07, 6.45) is 2.90. The van der Waals surface area contributed by atoms with Crippen LogP contribution in [0.3, 0.4) is 0 Å². The molecule has 1 amide bonds. The number of para-hydroxylation sites is 1. The van der Waals surface area contributed by atoms with Crippen LogP contribution in [-0.4, -0.2) is 59.6 Å². The molecule has 0 saturated carbocycles. The molecule has 1 fully saturated rings. The summed E-state index contributed by atoms with van der Waals surface area (Å²) in [5.41, 5.74) is 0.792. The summed E-state index contributed by atoms with van der Waals surface area (Å²) in [5.74, 6) is 0.375. The van der Waals surface area contributed by atoms with E-state index in [4.69, 9.17) is 4.42 Å². The van der Waals surface area contributed by atoms with Gasteiger partial charge in [-0.05, 0) is 18.2 Å². The molecule has 0 bridgehead atoms. The van der Waals surface area contributed by atoms with E-state index in [9.17, 15) is 23.3 Å². The average Bonchev–Trinajstić information content (AvgIpc) is 3.34. The zero-order chi connectivity index (χ0) is 22.0. The molecule has 0 unspecified atom stereocenters. The average molecular weight is 442 g/mol. The number of oxazole rings is 1. The lowest BCUT2D eigenvalue weighted by Crippen LogP contribution is -2.50. The second-order valence-electron chi connectivity index (χ2n) is 6.86. The largest absolute Gasteiger partial charge is 0.444 e. The van der Waals surface area contributed by atoms with Crippen molar-refractivity contribution in [3.05, 3.63) is 76.8 Å². The van der Waals surface area contributed by atoms with Crippen LogP contribution in [0.1, 0.15) is 10.4 Å². The first-order valence-electron chi connectivity index (χ1n) is 9.40. The van der Waals surface area contributed by atoms with E-state index in [1.54, 1.807) is 35.4 Å². The number of nitro benzene ring substituents is 1. The van der Waals surface area contributed by atoms with Crippen LogP contribution in [0, 0.1) is 10.1 Å². The number of carbonyl (C=O) groups is 1. The first-order chi connectivity index (χ1) is 14.9. The number of aromatic nitrogens is 1. The summed E-state index contributed by atoms with van der Waals surface area (Å²) in [6, 6.07) is 12.1. The fourth-order valence-corrected chi connectivity index (χ4v) is 4.99. The minimum atomic E-state index is -4.04. The van der Waals surface area contributed by atoms with Crippen molar-refractivity contribution >= 4 is 21.6 Å². The molecular weight excluding hydrogens is 424 g/mol. The molecule has 1 aliphatic heterocycles. The third-order valence-electron chi connectivity index (χ3n) is 5.05. The number of carbonyl (C=O) groups excluding carboxylic acids is 1. The predicted molar refractivity (Wildman–Crippen MR) is 110 cm³/mol. The number of amides is 1. The Labute approximate surface area is 177 Å². The number of sulfonamides is 1. The third-order valence-corrected chi connectivity index (χ3v) is 7.00. The Morgan fingerprint density at radius 1 is 1.03 bits per heavy atom. The zero-order valence-corrected chi connectivity index (χ0v) is 17.1. The van der Waals surface area contributed by atoms with E-state index in [1.807, 2.05) is 0 Å². The first-order valence-corrected chi connectivity index (χ1v) is 10.8. The fourth-order valence-electron chi connectivity index (χ4n) is 3.41. The van der Waals surface area contributed by atoms with Gasteiger partial charge in [0.25, 0.3) is 11.6 Å². The van der Waals surface area contributed by atoms with Gasteiger partial charge in [-0.15, -0.1) is 0 Å². The highest BCUT2D eigenvalue weighted by atomic mass is 32.2. The smallest absolute Gasteiger partial charge is 0.289 e. The van der Waals surface area contributed by atoms with Crippen molar-refractivity contribution in [1.82, 2.24) is 14.2 Å². The van der Waals surface area contributed by atoms with Crippen LogP contribution in [0.4, 0.5) is 5.69 Å². The van der Waals surface area contributed by atoms with E-state index >= 15 is 0 Å². The van der Waals surface area contributed by atoms with E-state index in [0.717, 1.165) is 11.6 Å². The van der Waals surface area contributed by atoms with Crippen LogP contribution in [0.25, 0.3) is 11.3 Å². The molecule has 0 aliphatic carbocycles. The second kappa shape index (κ2) is 8.28. The van der Waals surface area contributed by atoms with Crippen LogP contribution < -0.4 is 0 Å². The van der Waals surface area contributed by atoms with Crippen molar-refractivity contribution in [1.29, 1.82) is 0 Å². The molecule has 0 N–H and O–H groups in total. The van der Waals surface area contributed by atoms with Gasteiger partial charge in [0, 0.05) is 43.4 Å².